The molecule has 2 aliphatic rings. The lowest BCUT2D eigenvalue weighted by Crippen LogP contribution is -2.54. The van der Waals surface area contributed by atoms with Gasteiger partial charge < -0.3 is 10.0 Å². The SMILES string of the molecule is CN(C)[C@H]1C2CCCCC[C@]1(C)c1cc(O)ccc1C2. The van der Waals surface area contributed by atoms with E-state index < -0.39 is 0 Å². The van der Waals surface area contributed by atoms with Gasteiger partial charge >= 0.3 is 0 Å². The largest absolute Gasteiger partial charge is 0.508 e. The molecule has 0 spiro atoms. The molecule has 1 fully saturated rings. The molecule has 1 N–H and O–H groups in total. The van der Waals surface area contributed by atoms with Gasteiger partial charge in [-0.1, -0.05) is 32.3 Å². The van der Waals surface area contributed by atoms with Gasteiger partial charge in [0.05, 0.1) is 0 Å². The molecule has 2 aliphatic carbocycles. The normalized spacial score (nSPS) is 33.4. The maximum atomic E-state index is 9.94. The van der Waals surface area contributed by atoms with Crippen molar-refractivity contribution in [1.29, 1.82) is 0 Å². The van der Waals surface area contributed by atoms with E-state index in [2.05, 4.69) is 32.0 Å². The molecule has 0 aromatic heterocycles. The van der Waals surface area contributed by atoms with Gasteiger partial charge in [0.1, 0.15) is 5.75 Å². The number of phenolic OH excluding ortho intramolecular Hbond substituents is 1. The van der Waals surface area contributed by atoms with Gasteiger partial charge in [-0.3, -0.25) is 0 Å². The van der Waals surface area contributed by atoms with E-state index in [0.717, 1.165) is 5.92 Å². The van der Waals surface area contributed by atoms with Crippen LogP contribution in [-0.4, -0.2) is 30.1 Å². The molecule has 3 atom stereocenters. The van der Waals surface area contributed by atoms with Crippen molar-refractivity contribution < 1.29 is 5.11 Å². The summed E-state index contributed by atoms with van der Waals surface area (Å²) in [6.07, 6.45) is 7.80. The second kappa shape index (κ2) is 5.07. The Labute approximate surface area is 122 Å². The van der Waals surface area contributed by atoms with E-state index in [9.17, 15) is 5.11 Å². The molecule has 110 valence electrons. The van der Waals surface area contributed by atoms with Gasteiger partial charge in [-0.15, -0.1) is 0 Å². The van der Waals surface area contributed by atoms with Crippen molar-refractivity contribution in [2.75, 3.05) is 14.1 Å². The molecular formula is C18H27NO. The van der Waals surface area contributed by atoms with Crippen molar-refractivity contribution in [2.24, 2.45) is 5.92 Å². The van der Waals surface area contributed by atoms with E-state index in [-0.39, 0.29) is 5.41 Å². The molecule has 1 saturated carbocycles. The average Bonchev–Trinajstić information content (AvgIpc) is 2.37. The molecule has 1 unspecified atom stereocenters. The number of benzene rings is 1. The molecular weight excluding hydrogens is 246 g/mol. The van der Waals surface area contributed by atoms with Crippen molar-refractivity contribution in [2.45, 2.75) is 56.9 Å². The van der Waals surface area contributed by atoms with Crippen LogP contribution in [0, 0.1) is 5.92 Å². The van der Waals surface area contributed by atoms with Crippen molar-refractivity contribution >= 4 is 0 Å². The zero-order valence-electron chi connectivity index (χ0n) is 13.0. The van der Waals surface area contributed by atoms with Gasteiger partial charge in [0.2, 0.25) is 0 Å². The van der Waals surface area contributed by atoms with Crippen molar-refractivity contribution in [3.63, 3.8) is 0 Å². The monoisotopic (exact) mass is 273 g/mol. The lowest BCUT2D eigenvalue weighted by molar-refractivity contribution is 0.0826. The van der Waals surface area contributed by atoms with Crippen molar-refractivity contribution in [3.05, 3.63) is 29.3 Å². The van der Waals surface area contributed by atoms with Gasteiger partial charge in [0.25, 0.3) is 0 Å². The Morgan fingerprint density at radius 3 is 2.75 bits per heavy atom. The molecule has 1 aromatic carbocycles. The summed E-state index contributed by atoms with van der Waals surface area (Å²) in [5.41, 5.74) is 3.05. The minimum absolute atomic E-state index is 0.181. The quantitative estimate of drug-likeness (QED) is 0.843. The van der Waals surface area contributed by atoms with E-state index in [1.54, 1.807) is 0 Å². The van der Waals surface area contributed by atoms with Crippen molar-refractivity contribution in [3.8, 4) is 5.75 Å². The average molecular weight is 273 g/mol. The Bertz CT molecular complexity index is 496. The van der Waals surface area contributed by atoms with E-state index in [1.807, 2.05) is 12.1 Å². The first-order valence-electron chi connectivity index (χ1n) is 8.01. The highest BCUT2D eigenvalue weighted by molar-refractivity contribution is 5.44. The van der Waals surface area contributed by atoms with Crippen LogP contribution in [0.25, 0.3) is 0 Å². The van der Waals surface area contributed by atoms with Gasteiger partial charge in [-0.05, 0) is 62.5 Å². The summed E-state index contributed by atoms with van der Waals surface area (Å²) in [4.78, 5) is 2.43. The summed E-state index contributed by atoms with van der Waals surface area (Å²) in [7, 11) is 4.45. The Morgan fingerprint density at radius 2 is 2.00 bits per heavy atom. The molecule has 2 bridgehead atoms. The van der Waals surface area contributed by atoms with Crippen LogP contribution in [0.15, 0.2) is 18.2 Å². The smallest absolute Gasteiger partial charge is 0.115 e. The zero-order valence-corrected chi connectivity index (χ0v) is 13.0. The van der Waals surface area contributed by atoms with E-state index in [1.165, 1.54) is 49.7 Å². The summed E-state index contributed by atoms with van der Waals surface area (Å²) in [6.45, 7) is 2.42. The Balaban J connectivity index is 2.14. The molecule has 1 aromatic rings. The third kappa shape index (κ3) is 2.14. The third-order valence-electron chi connectivity index (χ3n) is 5.62. The molecule has 20 heavy (non-hydrogen) atoms. The number of hydrogen-bond acceptors (Lipinski definition) is 2. The van der Waals surface area contributed by atoms with Crippen LogP contribution < -0.4 is 0 Å². The first-order valence-corrected chi connectivity index (χ1v) is 8.01. The lowest BCUT2D eigenvalue weighted by atomic mass is 9.59. The number of likely N-dealkylation sites (N-methyl/N-ethyl adjacent to an activating group) is 1. The van der Waals surface area contributed by atoms with Gasteiger partial charge in [0.15, 0.2) is 0 Å². The van der Waals surface area contributed by atoms with Crippen LogP contribution in [0.5, 0.6) is 5.75 Å². The summed E-state index contributed by atoms with van der Waals surface area (Å²) < 4.78 is 0. The minimum Gasteiger partial charge on any atom is -0.508 e. The molecule has 0 heterocycles. The predicted molar refractivity (Wildman–Crippen MR) is 83.2 cm³/mol. The minimum atomic E-state index is 0.181. The number of phenols is 1. The third-order valence-corrected chi connectivity index (χ3v) is 5.62. The molecule has 0 saturated heterocycles. The maximum absolute atomic E-state index is 9.94. The van der Waals surface area contributed by atoms with Crippen LogP contribution in [0.3, 0.4) is 0 Å². The number of fused-ring (bicyclic) bond motifs is 4. The molecule has 2 heteroatoms. The summed E-state index contributed by atoms with van der Waals surface area (Å²) in [5.74, 6) is 1.18. The highest BCUT2D eigenvalue weighted by Gasteiger charge is 2.46. The first-order chi connectivity index (χ1) is 9.52. The highest BCUT2D eigenvalue weighted by atomic mass is 16.3. The zero-order chi connectivity index (χ0) is 14.3. The first kappa shape index (κ1) is 13.9. The number of aromatic hydroxyl groups is 1. The van der Waals surface area contributed by atoms with Crippen LogP contribution >= 0.6 is 0 Å². The van der Waals surface area contributed by atoms with Crippen LogP contribution in [0.4, 0.5) is 0 Å². The number of nitrogens with zero attached hydrogens (tertiary/aromatic N) is 1. The Morgan fingerprint density at radius 1 is 1.20 bits per heavy atom. The van der Waals surface area contributed by atoms with Crippen molar-refractivity contribution in [1.82, 2.24) is 4.90 Å². The predicted octanol–water partition coefficient (Wildman–Crippen LogP) is 3.72. The summed E-state index contributed by atoms with van der Waals surface area (Å²) >= 11 is 0. The topological polar surface area (TPSA) is 23.5 Å². The fourth-order valence-corrected chi connectivity index (χ4v) is 4.96. The molecule has 0 aliphatic heterocycles. The number of rotatable bonds is 1. The van der Waals surface area contributed by atoms with Crippen LogP contribution in [0.1, 0.15) is 50.2 Å². The van der Waals surface area contributed by atoms with Gasteiger partial charge in [-0.2, -0.15) is 0 Å². The van der Waals surface area contributed by atoms with E-state index >= 15 is 0 Å². The van der Waals surface area contributed by atoms with E-state index in [0.29, 0.717) is 11.8 Å². The second-order valence-corrected chi connectivity index (χ2v) is 7.23. The van der Waals surface area contributed by atoms with Crippen LogP contribution in [0.2, 0.25) is 0 Å². The van der Waals surface area contributed by atoms with Gasteiger partial charge in [0, 0.05) is 11.5 Å². The lowest BCUT2D eigenvalue weighted by Gasteiger charge is -2.51. The second-order valence-electron chi connectivity index (χ2n) is 7.23. The summed E-state index contributed by atoms with van der Waals surface area (Å²) in [6, 6.07) is 6.64. The maximum Gasteiger partial charge on any atom is 0.115 e. The fourth-order valence-electron chi connectivity index (χ4n) is 4.96. The Hall–Kier alpha value is -1.02. The molecule has 3 rings (SSSR count). The van der Waals surface area contributed by atoms with E-state index in [4.69, 9.17) is 0 Å². The Kier molecular flexibility index (Phi) is 3.53. The molecule has 0 amide bonds. The molecule has 2 nitrogen and oxygen atoms in total. The number of hydrogen-bond donors (Lipinski definition) is 1. The van der Waals surface area contributed by atoms with Gasteiger partial charge in [-0.25, -0.2) is 0 Å². The highest BCUT2D eigenvalue weighted by Crippen LogP contribution is 2.48. The van der Waals surface area contributed by atoms with Crippen LogP contribution in [-0.2, 0) is 11.8 Å². The summed E-state index contributed by atoms with van der Waals surface area (Å²) in [5, 5.41) is 9.94. The molecule has 0 radical (unpaired) electrons. The standard InChI is InChI=1S/C18H27NO/c1-18-10-6-4-5-7-14(17(18)19(2)3)11-13-8-9-15(20)12-16(13)18/h8-9,12,14,17,20H,4-7,10-11H2,1-3H3/t14?,17-,18+/m0/s1. The fraction of sp³-hybridized carbons (Fsp3) is 0.667.